The predicted octanol–water partition coefficient (Wildman–Crippen LogP) is 4.44. The molecule has 0 aliphatic heterocycles. The Morgan fingerprint density at radius 2 is 1.70 bits per heavy atom. The molecule has 1 saturated carbocycles. The average molecular weight is 285 g/mol. The van der Waals surface area contributed by atoms with Gasteiger partial charge in [-0.2, -0.15) is 13.2 Å². The smallest absolute Gasteiger partial charge is 0.398 e. The minimum absolute atomic E-state index is 0.0749. The summed E-state index contributed by atoms with van der Waals surface area (Å²) < 4.78 is 37.7. The van der Waals surface area contributed by atoms with Gasteiger partial charge in [-0.3, -0.25) is 4.79 Å². The third-order valence-electron chi connectivity index (χ3n) is 3.87. The van der Waals surface area contributed by atoms with Crippen LogP contribution in [0.15, 0.2) is 18.2 Å². The van der Waals surface area contributed by atoms with Crippen LogP contribution in [0.1, 0.15) is 54.4 Å². The molecule has 0 saturated heterocycles. The molecule has 2 rings (SSSR count). The number of nitrogen functional groups attached to an aromatic ring is 1. The normalized spacial score (nSPS) is 17.8. The van der Waals surface area contributed by atoms with Crippen molar-refractivity contribution < 1.29 is 18.0 Å². The molecule has 5 heteroatoms. The standard InChI is InChI=1S/C15H18F3NO/c16-15(17,18)11-7-8-12(13(19)9-11)14(20)10-5-3-1-2-4-6-10/h7-10H,1-6,19H2. The molecule has 0 spiro atoms. The van der Waals surface area contributed by atoms with Crippen LogP contribution in [0, 0.1) is 5.92 Å². The van der Waals surface area contributed by atoms with Gasteiger partial charge in [0.1, 0.15) is 0 Å². The number of halogens is 3. The van der Waals surface area contributed by atoms with Crippen LogP contribution in [0.3, 0.4) is 0 Å². The Morgan fingerprint density at radius 1 is 1.10 bits per heavy atom. The second kappa shape index (κ2) is 5.85. The molecule has 1 fully saturated rings. The van der Waals surface area contributed by atoms with Crippen LogP contribution in [0.25, 0.3) is 0 Å². The second-order valence-corrected chi connectivity index (χ2v) is 5.35. The first-order valence-corrected chi connectivity index (χ1v) is 6.90. The third-order valence-corrected chi connectivity index (χ3v) is 3.87. The summed E-state index contributed by atoms with van der Waals surface area (Å²) in [6.07, 6.45) is 1.41. The Bertz CT molecular complexity index is 488. The molecular formula is C15H18F3NO. The van der Waals surface area contributed by atoms with E-state index < -0.39 is 11.7 Å². The molecule has 20 heavy (non-hydrogen) atoms. The van der Waals surface area contributed by atoms with Crippen molar-refractivity contribution in [3.8, 4) is 0 Å². The molecule has 1 aromatic rings. The fourth-order valence-corrected chi connectivity index (χ4v) is 2.72. The van der Waals surface area contributed by atoms with Gasteiger partial charge in [0.15, 0.2) is 5.78 Å². The molecule has 1 aliphatic rings. The van der Waals surface area contributed by atoms with Crippen molar-refractivity contribution in [1.82, 2.24) is 0 Å². The van der Waals surface area contributed by atoms with Crippen LogP contribution >= 0.6 is 0 Å². The monoisotopic (exact) mass is 285 g/mol. The Morgan fingerprint density at radius 3 is 2.20 bits per heavy atom. The summed E-state index contributed by atoms with van der Waals surface area (Å²) in [7, 11) is 0. The van der Waals surface area contributed by atoms with E-state index in [1.165, 1.54) is 6.07 Å². The molecule has 0 aromatic heterocycles. The van der Waals surface area contributed by atoms with Crippen LogP contribution in [-0.4, -0.2) is 5.78 Å². The van der Waals surface area contributed by atoms with Crippen molar-refractivity contribution in [3.05, 3.63) is 29.3 Å². The first kappa shape index (κ1) is 14.9. The van der Waals surface area contributed by atoms with Crippen LogP contribution in [0.4, 0.5) is 18.9 Å². The van der Waals surface area contributed by atoms with Gasteiger partial charge < -0.3 is 5.73 Å². The Kier molecular flexibility index (Phi) is 4.35. The van der Waals surface area contributed by atoms with Gasteiger partial charge in [-0.1, -0.05) is 25.7 Å². The fraction of sp³-hybridized carbons (Fsp3) is 0.533. The summed E-state index contributed by atoms with van der Waals surface area (Å²) in [6, 6.07) is 3.00. The minimum Gasteiger partial charge on any atom is -0.398 e. The van der Waals surface area contributed by atoms with Gasteiger partial charge in [0.25, 0.3) is 0 Å². The second-order valence-electron chi connectivity index (χ2n) is 5.35. The molecule has 0 atom stereocenters. The van der Waals surface area contributed by atoms with Gasteiger partial charge in [0, 0.05) is 17.2 Å². The first-order valence-electron chi connectivity index (χ1n) is 6.90. The zero-order chi connectivity index (χ0) is 14.8. The number of Topliss-reactive ketones (excluding diaryl/α,β-unsaturated/α-hetero) is 1. The van der Waals surface area contributed by atoms with E-state index >= 15 is 0 Å². The van der Waals surface area contributed by atoms with Crippen LogP contribution < -0.4 is 5.73 Å². The zero-order valence-electron chi connectivity index (χ0n) is 11.2. The highest BCUT2D eigenvalue weighted by atomic mass is 19.4. The first-order chi connectivity index (χ1) is 9.39. The van der Waals surface area contributed by atoms with E-state index in [0.29, 0.717) is 0 Å². The summed E-state index contributed by atoms with van der Waals surface area (Å²) in [5.74, 6) is -0.213. The lowest BCUT2D eigenvalue weighted by atomic mass is 9.90. The molecule has 1 aliphatic carbocycles. The number of alkyl halides is 3. The number of nitrogens with two attached hydrogens (primary N) is 1. The van der Waals surface area contributed by atoms with Gasteiger partial charge >= 0.3 is 6.18 Å². The van der Waals surface area contributed by atoms with Gasteiger partial charge in [-0.15, -0.1) is 0 Å². The van der Waals surface area contributed by atoms with E-state index in [2.05, 4.69) is 0 Å². The molecule has 2 nitrogen and oxygen atoms in total. The Hall–Kier alpha value is -1.52. The number of anilines is 1. The number of ketones is 1. The number of carbonyl (C=O) groups excluding carboxylic acids is 1. The Labute approximate surface area is 116 Å². The number of rotatable bonds is 2. The molecule has 0 bridgehead atoms. The van der Waals surface area contributed by atoms with Crippen molar-refractivity contribution in [3.63, 3.8) is 0 Å². The van der Waals surface area contributed by atoms with Crippen molar-refractivity contribution in [2.45, 2.75) is 44.7 Å². The average Bonchev–Trinajstić information content (AvgIpc) is 2.65. The molecule has 2 N–H and O–H groups in total. The van der Waals surface area contributed by atoms with Gasteiger partial charge in [-0.05, 0) is 31.0 Å². The van der Waals surface area contributed by atoms with Crippen molar-refractivity contribution in [2.24, 2.45) is 5.92 Å². The highest BCUT2D eigenvalue weighted by Crippen LogP contribution is 2.33. The number of hydrogen-bond acceptors (Lipinski definition) is 2. The molecule has 0 unspecified atom stereocenters. The molecule has 0 radical (unpaired) electrons. The lowest BCUT2D eigenvalue weighted by molar-refractivity contribution is -0.137. The van der Waals surface area contributed by atoms with Crippen LogP contribution in [0.5, 0.6) is 0 Å². The van der Waals surface area contributed by atoms with Crippen molar-refractivity contribution in [1.29, 1.82) is 0 Å². The topological polar surface area (TPSA) is 43.1 Å². The molecule has 0 amide bonds. The fourth-order valence-electron chi connectivity index (χ4n) is 2.72. The van der Waals surface area contributed by atoms with E-state index in [4.69, 9.17) is 5.73 Å². The molecule has 110 valence electrons. The van der Waals surface area contributed by atoms with Gasteiger partial charge in [0.2, 0.25) is 0 Å². The predicted molar refractivity (Wildman–Crippen MR) is 71.4 cm³/mol. The van der Waals surface area contributed by atoms with Crippen LogP contribution in [0.2, 0.25) is 0 Å². The van der Waals surface area contributed by atoms with Crippen molar-refractivity contribution >= 4 is 11.5 Å². The maximum Gasteiger partial charge on any atom is 0.416 e. The maximum atomic E-state index is 12.6. The van der Waals surface area contributed by atoms with Crippen LogP contribution in [-0.2, 0) is 6.18 Å². The molecular weight excluding hydrogens is 267 g/mol. The number of carbonyl (C=O) groups is 1. The Balaban J connectivity index is 2.22. The lowest BCUT2D eigenvalue weighted by Crippen LogP contribution is -2.16. The molecule has 1 aromatic carbocycles. The SMILES string of the molecule is Nc1cc(C(F)(F)F)ccc1C(=O)C1CCCCCC1. The van der Waals surface area contributed by atoms with E-state index in [9.17, 15) is 18.0 Å². The van der Waals surface area contributed by atoms with E-state index in [0.717, 1.165) is 50.7 Å². The quantitative estimate of drug-likeness (QED) is 0.496. The highest BCUT2D eigenvalue weighted by Gasteiger charge is 2.32. The van der Waals surface area contributed by atoms with Gasteiger partial charge in [-0.25, -0.2) is 0 Å². The van der Waals surface area contributed by atoms with Gasteiger partial charge in [0.05, 0.1) is 5.56 Å². The lowest BCUT2D eigenvalue weighted by Gasteiger charge is -2.15. The minimum atomic E-state index is -4.43. The van der Waals surface area contributed by atoms with E-state index in [-0.39, 0.29) is 23.0 Å². The molecule has 0 heterocycles. The summed E-state index contributed by atoms with van der Waals surface area (Å²) in [5, 5.41) is 0. The highest BCUT2D eigenvalue weighted by molar-refractivity contribution is 6.02. The summed E-state index contributed by atoms with van der Waals surface area (Å²) in [6.45, 7) is 0. The zero-order valence-corrected chi connectivity index (χ0v) is 11.2. The largest absolute Gasteiger partial charge is 0.416 e. The summed E-state index contributed by atoms with van der Waals surface area (Å²) in [5.41, 5.74) is 4.98. The van der Waals surface area contributed by atoms with E-state index in [1.54, 1.807) is 0 Å². The summed E-state index contributed by atoms with van der Waals surface area (Å²) in [4.78, 5) is 12.4. The maximum absolute atomic E-state index is 12.6. The number of benzene rings is 1. The summed E-state index contributed by atoms with van der Waals surface area (Å²) >= 11 is 0. The number of hydrogen-bond donors (Lipinski definition) is 1. The van der Waals surface area contributed by atoms with E-state index in [1.807, 2.05) is 0 Å². The van der Waals surface area contributed by atoms with Crippen molar-refractivity contribution in [2.75, 3.05) is 5.73 Å². The third kappa shape index (κ3) is 3.32.